The molecule has 5 nitrogen and oxygen atoms in total. The largest absolute Gasteiger partial charge is 0.491 e. The number of hydrogen-bond acceptors (Lipinski definition) is 5. The summed E-state index contributed by atoms with van der Waals surface area (Å²) >= 11 is 0. The molecule has 0 radical (unpaired) electrons. The van der Waals surface area contributed by atoms with Gasteiger partial charge in [-0.1, -0.05) is 39.5 Å². The number of furan rings is 1. The lowest BCUT2D eigenvalue weighted by Crippen LogP contribution is -2.32. The smallest absolute Gasteiger partial charge is 0.148 e. The van der Waals surface area contributed by atoms with E-state index < -0.39 is 6.10 Å². The van der Waals surface area contributed by atoms with Crippen LogP contribution in [0.25, 0.3) is 11.0 Å². The number of aliphatic imine (C=N–C) groups is 1. The van der Waals surface area contributed by atoms with Gasteiger partial charge in [0.25, 0.3) is 0 Å². The Labute approximate surface area is 169 Å². The minimum Gasteiger partial charge on any atom is -0.491 e. The third kappa shape index (κ3) is 7.64. The van der Waals surface area contributed by atoms with E-state index in [1.54, 1.807) is 0 Å². The van der Waals surface area contributed by atoms with Gasteiger partial charge in [-0.15, -0.1) is 0 Å². The molecule has 0 aliphatic rings. The fourth-order valence-corrected chi connectivity index (χ4v) is 3.00. The lowest BCUT2D eigenvalue weighted by atomic mass is 10.2. The fraction of sp³-hybridized carbons (Fsp3) is 0.609. The first-order valence-electron chi connectivity index (χ1n) is 10.7. The summed E-state index contributed by atoms with van der Waals surface area (Å²) in [7, 11) is 0. The molecule has 2 N–H and O–H groups in total. The number of unbranched alkanes of at least 4 members (excludes halogenated alkanes) is 4. The van der Waals surface area contributed by atoms with Crippen molar-refractivity contribution in [1.82, 2.24) is 5.32 Å². The highest BCUT2D eigenvalue weighted by molar-refractivity contribution is 5.99. The average molecular weight is 389 g/mol. The second kappa shape index (κ2) is 12.6. The Balaban J connectivity index is 1.84. The number of benzene rings is 1. The van der Waals surface area contributed by atoms with Gasteiger partial charge in [0.1, 0.15) is 29.8 Å². The van der Waals surface area contributed by atoms with Crippen LogP contribution in [0.2, 0.25) is 0 Å². The third-order valence-electron chi connectivity index (χ3n) is 4.73. The van der Waals surface area contributed by atoms with Crippen molar-refractivity contribution in [3.63, 3.8) is 0 Å². The van der Waals surface area contributed by atoms with Crippen molar-refractivity contribution in [3.8, 4) is 5.75 Å². The van der Waals surface area contributed by atoms with Crippen LogP contribution >= 0.6 is 0 Å². The zero-order chi connectivity index (χ0) is 20.2. The summed E-state index contributed by atoms with van der Waals surface area (Å²) in [6, 6.07) is 7.75. The highest BCUT2D eigenvalue weighted by Crippen LogP contribution is 2.25. The fourth-order valence-electron chi connectivity index (χ4n) is 3.00. The molecule has 0 bridgehead atoms. The Hall–Kier alpha value is -1.85. The summed E-state index contributed by atoms with van der Waals surface area (Å²) in [6.07, 6.45) is 6.57. The van der Waals surface area contributed by atoms with Crippen LogP contribution in [0.15, 0.2) is 33.7 Å². The van der Waals surface area contributed by atoms with E-state index in [0.717, 1.165) is 54.1 Å². The standard InChI is InChI=1S/C23H36N2O3/c1-4-6-8-12-24-16-20(26)17-27-21-10-11-22-19(14-21)15-23(28-22)18(3)25-13-9-7-5-2/h10-11,14-15,20,24,26H,4-9,12-13,16-17H2,1-3H3. The summed E-state index contributed by atoms with van der Waals surface area (Å²) < 4.78 is 11.7. The maximum Gasteiger partial charge on any atom is 0.148 e. The molecule has 0 amide bonds. The molecule has 2 aromatic rings. The van der Waals surface area contributed by atoms with Gasteiger partial charge in [-0.25, -0.2) is 0 Å². The summed E-state index contributed by atoms with van der Waals surface area (Å²) in [4.78, 5) is 4.61. The van der Waals surface area contributed by atoms with E-state index in [0.29, 0.717) is 6.54 Å². The quantitative estimate of drug-likeness (QED) is 0.355. The maximum atomic E-state index is 10.1. The van der Waals surface area contributed by atoms with Gasteiger partial charge in [0, 0.05) is 18.5 Å². The molecule has 1 unspecified atom stereocenters. The molecule has 28 heavy (non-hydrogen) atoms. The second-order valence-electron chi connectivity index (χ2n) is 7.36. The predicted molar refractivity (Wildman–Crippen MR) is 117 cm³/mol. The van der Waals surface area contributed by atoms with Gasteiger partial charge in [-0.2, -0.15) is 0 Å². The van der Waals surface area contributed by atoms with Crippen LogP contribution in [-0.4, -0.2) is 43.2 Å². The molecule has 2 rings (SSSR count). The second-order valence-corrected chi connectivity index (χ2v) is 7.36. The highest BCUT2D eigenvalue weighted by atomic mass is 16.5. The SMILES string of the molecule is CCCCCN=C(C)c1cc2cc(OCC(O)CNCCCCC)ccc2o1. The topological polar surface area (TPSA) is 67.0 Å². The molecule has 0 saturated heterocycles. The number of rotatable bonds is 14. The minimum absolute atomic E-state index is 0.273. The number of hydrogen-bond donors (Lipinski definition) is 2. The van der Waals surface area contributed by atoms with Crippen molar-refractivity contribution in [2.75, 3.05) is 26.2 Å². The van der Waals surface area contributed by atoms with Crippen LogP contribution in [-0.2, 0) is 0 Å². The first-order valence-corrected chi connectivity index (χ1v) is 10.7. The molecule has 0 spiro atoms. The van der Waals surface area contributed by atoms with Crippen molar-refractivity contribution in [2.24, 2.45) is 4.99 Å². The van der Waals surface area contributed by atoms with Gasteiger partial charge in [0.15, 0.2) is 0 Å². The molecule has 0 aliphatic carbocycles. The van der Waals surface area contributed by atoms with Crippen LogP contribution in [0.4, 0.5) is 0 Å². The summed E-state index contributed by atoms with van der Waals surface area (Å²) in [5.41, 5.74) is 1.75. The Morgan fingerprint density at radius 3 is 2.71 bits per heavy atom. The molecule has 1 atom stereocenters. The lowest BCUT2D eigenvalue weighted by Gasteiger charge is -2.13. The first kappa shape index (κ1) is 22.4. The number of ether oxygens (including phenoxy) is 1. The number of nitrogens with zero attached hydrogens (tertiary/aromatic N) is 1. The van der Waals surface area contributed by atoms with Gasteiger partial charge >= 0.3 is 0 Å². The van der Waals surface area contributed by atoms with E-state index in [-0.39, 0.29) is 6.61 Å². The third-order valence-corrected chi connectivity index (χ3v) is 4.73. The van der Waals surface area contributed by atoms with Crippen LogP contribution in [0.5, 0.6) is 5.75 Å². The number of aliphatic hydroxyl groups is 1. The Kier molecular flexibility index (Phi) is 10.1. The minimum atomic E-state index is -0.519. The summed E-state index contributed by atoms with van der Waals surface area (Å²) in [6.45, 7) is 8.97. The molecule has 1 heterocycles. The Morgan fingerprint density at radius 1 is 1.14 bits per heavy atom. The molecule has 0 aliphatic heterocycles. The van der Waals surface area contributed by atoms with Crippen molar-refractivity contribution in [1.29, 1.82) is 0 Å². The monoisotopic (exact) mass is 388 g/mol. The van der Waals surface area contributed by atoms with Gasteiger partial charge in [0.2, 0.25) is 0 Å². The highest BCUT2D eigenvalue weighted by Gasteiger charge is 2.09. The first-order chi connectivity index (χ1) is 13.6. The number of fused-ring (bicyclic) bond motifs is 1. The zero-order valence-corrected chi connectivity index (χ0v) is 17.7. The zero-order valence-electron chi connectivity index (χ0n) is 17.7. The summed E-state index contributed by atoms with van der Waals surface area (Å²) in [5, 5.41) is 14.3. The van der Waals surface area contributed by atoms with Crippen molar-refractivity contribution in [2.45, 2.75) is 65.4 Å². The van der Waals surface area contributed by atoms with E-state index in [4.69, 9.17) is 9.15 Å². The van der Waals surface area contributed by atoms with Gasteiger partial charge < -0.3 is 19.6 Å². The van der Waals surface area contributed by atoms with E-state index >= 15 is 0 Å². The summed E-state index contributed by atoms with van der Waals surface area (Å²) in [5.74, 6) is 1.54. The molecule has 0 saturated carbocycles. The van der Waals surface area contributed by atoms with E-state index in [1.807, 2.05) is 31.2 Å². The average Bonchev–Trinajstić information content (AvgIpc) is 3.13. The van der Waals surface area contributed by atoms with E-state index in [9.17, 15) is 5.11 Å². The van der Waals surface area contributed by atoms with Crippen molar-refractivity contribution in [3.05, 3.63) is 30.0 Å². The molecular weight excluding hydrogens is 352 g/mol. The molecular formula is C23H36N2O3. The van der Waals surface area contributed by atoms with Crippen molar-refractivity contribution >= 4 is 16.7 Å². The number of nitrogens with one attached hydrogen (secondary N) is 1. The molecule has 1 aromatic carbocycles. The molecule has 1 aromatic heterocycles. The molecule has 0 fully saturated rings. The van der Waals surface area contributed by atoms with E-state index in [1.165, 1.54) is 25.7 Å². The Morgan fingerprint density at radius 2 is 1.93 bits per heavy atom. The lowest BCUT2D eigenvalue weighted by molar-refractivity contribution is 0.106. The van der Waals surface area contributed by atoms with E-state index in [2.05, 4.69) is 24.2 Å². The van der Waals surface area contributed by atoms with Crippen LogP contribution in [0, 0.1) is 0 Å². The van der Waals surface area contributed by atoms with Crippen molar-refractivity contribution < 1.29 is 14.3 Å². The van der Waals surface area contributed by atoms with Crippen LogP contribution in [0.3, 0.4) is 0 Å². The van der Waals surface area contributed by atoms with Gasteiger partial charge in [-0.05, 0) is 50.6 Å². The normalized spacial score (nSPS) is 13.2. The predicted octanol–water partition coefficient (Wildman–Crippen LogP) is 4.95. The Bertz CT molecular complexity index is 724. The van der Waals surface area contributed by atoms with Gasteiger partial charge in [-0.3, -0.25) is 4.99 Å². The molecule has 156 valence electrons. The maximum absolute atomic E-state index is 10.1. The van der Waals surface area contributed by atoms with Gasteiger partial charge in [0.05, 0.1) is 5.71 Å². The van der Waals surface area contributed by atoms with Crippen LogP contribution in [0.1, 0.15) is 65.1 Å². The number of aliphatic hydroxyl groups excluding tert-OH is 1. The molecule has 5 heteroatoms. The van der Waals surface area contributed by atoms with Crippen LogP contribution < -0.4 is 10.1 Å².